The van der Waals surface area contributed by atoms with Crippen molar-refractivity contribution >= 4 is 29.2 Å². The molecule has 0 heterocycles. The number of carbonyl (C=O) groups is 2. The lowest BCUT2D eigenvalue weighted by Crippen LogP contribution is -2.56. The van der Waals surface area contributed by atoms with Crippen molar-refractivity contribution in [3.63, 3.8) is 0 Å². The van der Waals surface area contributed by atoms with Gasteiger partial charge in [0.2, 0.25) is 0 Å². The number of halogens is 1. The molecule has 0 saturated heterocycles. The van der Waals surface area contributed by atoms with Gasteiger partial charge in [0.25, 0.3) is 5.91 Å². The second-order valence-electron chi connectivity index (χ2n) is 5.80. The van der Waals surface area contributed by atoms with Gasteiger partial charge in [-0.25, -0.2) is 4.79 Å². The van der Waals surface area contributed by atoms with E-state index in [0.717, 1.165) is 12.8 Å². The molecule has 21 heavy (non-hydrogen) atoms. The van der Waals surface area contributed by atoms with Crippen LogP contribution in [0.4, 0.5) is 5.69 Å². The maximum Gasteiger partial charge on any atom is 0.329 e. The Kier molecular flexibility index (Phi) is 4.42. The molecule has 1 aromatic rings. The van der Waals surface area contributed by atoms with E-state index in [0.29, 0.717) is 29.5 Å². The fraction of sp³-hybridized carbons (Fsp3) is 0.467. The average molecular weight is 311 g/mol. The Hall–Kier alpha value is -1.75. The molecule has 1 aliphatic carbocycles. The molecule has 4 N–H and O–H groups in total. The van der Waals surface area contributed by atoms with E-state index in [-0.39, 0.29) is 5.56 Å². The van der Waals surface area contributed by atoms with Crippen molar-refractivity contribution in [2.24, 2.45) is 5.92 Å². The van der Waals surface area contributed by atoms with Crippen molar-refractivity contribution in [3.8, 4) is 0 Å². The monoisotopic (exact) mass is 310 g/mol. The summed E-state index contributed by atoms with van der Waals surface area (Å²) in [5.74, 6) is -0.963. The Balaban J connectivity index is 2.21. The SMILES string of the molecule is CC1CCC(NC(=O)c2cc(N)cc(Cl)c2)(C(=O)O)CC1. The molecule has 1 amide bonds. The van der Waals surface area contributed by atoms with Gasteiger partial charge in [-0.05, 0) is 49.8 Å². The van der Waals surface area contributed by atoms with E-state index in [2.05, 4.69) is 12.2 Å². The summed E-state index contributed by atoms with van der Waals surface area (Å²) in [7, 11) is 0. The van der Waals surface area contributed by atoms with E-state index in [1.54, 1.807) is 0 Å². The summed E-state index contributed by atoms with van der Waals surface area (Å²) in [5.41, 5.74) is 5.11. The number of rotatable bonds is 3. The van der Waals surface area contributed by atoms with Crippen molar-refractivity contribution in [1.82, 2.24) is 5.32 Å². The number of nitrogen functional groups attached to an aromatic ring is 1. The molecule has 0 bridgehead atoms. The van der Waals surface area contributed by atoms with Crippen molar-refractivity contribution < 1.29 is 14.7 Å². The first-order valence-corrected chi connectivity index (χ1v) is 7.32. The second-order valence-corrected chi connectivity index (χ2v) is 6.23. The number of benzene rings is 1. The van der Waals surface area contributed by atoms with E-state index < -0.39 is 17.4 Å². The summed E-state index contributed by atoms with van der Waals surface area (Å²) in [6.45, 7) is 2.09. The van der Waals surface area contributed by atoms with Crippen LogP contribution in [0.25, 0.3) is 0 Å². The minimum atomic E-state index is -1.19. The number of aliphatic carboxylic acids is 1. The first-order valence-electron chi connectivity index (χ1n) is 6.94. The van der Waals surface area contributed by atoms with Crippen molar-refractivity contribution in [2.45, 2.75) is 38.1 Å². The van der Waals surface area contributed by atoms with E-state index >= 15 is 0 Å². The van der Waals surface area contributed by atoms with Gasteiger partial charge in [0, 0.05) is 16.3 Å². The Morgan fingerprint density at radius 2 is 1.95 bits per heavy atom. The molecule has 0 aromatic heterocycles. The van der Waals surface area contributed by atoms with E-state index in [9.17, 15) is 14.7 Å². The number of hydrogen-bond acceptors (Lipinski definition) is 3. The van der Waals surface area contributed by atoms with Crippen LogP contribution in [0.3, 0.4) is 0 Å². The fourth-order valence-electron chi connectivity index (χ4n) is 2.68. The zero-order valence-electron chi connectivity index (χ0n) is 11.9. The molecular formula is C15H19ClN2O3. The Labute approximate surface area is 128 Å². The van der Waals surface area contributed by atoms with Gasteiger partial charge in [0.05, 0.1) is 0 Å². The Bertz CT molecular complexity index is 546. The summed E-state index contributed by atoms with van der Waals surface area (Å²) in [6, 6.07) is 4.50. The lowest BCUT2D eigenvalue weighted by molar-refractivity contribution is -0.146. The van der Waals surface area contributed by atoms with Crippen LogP contribution in [-0.4, -0.2) is 22.5 Å². The zero-order chi connectivity index (χ0) is 15.6. The van der Waals surface area contributed by atoms with Gasteiger partial charge in [0.15, 0.2) is 0 Å². The molecule has 1 fully saturated rings. The lowest BCUT2D eigenvalue weighted by Gasteiger charge is -2.36. The van der Waals surface area contributed by atoms with Crippen LogP contribution in [0.1, 0.15) is 43.0 Å². The summed E-state index contributed by atoms with van der Waals surface area (Å²) >= 11 is 5.88. The normalized spacial score (nSPS) is 25.3. The largest absolute Gasteiger partial charge is 0.480 e. The van der Waals surface area contributed by atoms with Crippen LogP contribution < -0.4 is 11.1 Å². The van der Waals surface area contributed by atoms with Crippen LogP contribution in [0, 0.1) is 5.92 Å². The van der Waals surface area contributed by atoms with Gasteiger partial charge in [-0.15, -0.1) is 0 Å². The van der Waals surface area contributed by atoms with E-state index in [1.165, 1.54) is 18.2 Å². The predicted octanol–water partition coefficient (Wildman–Crippen LogP) is 2.69. The zero-order valence-corrected chi connectivity index (χ0v) is 12.6. The number of amides is 1. The number of carbonyl (C=O) groups excluding carboxylic acids is 1. The maximum absolute atomic E-state index is 12.3. The molecule has 114 valence electrons. The van der Waals surface area contributed by atoms with Crippen LogP contribution in [-0.2, 0) is 4.79 Å². The van der Waals surface area contributed by atoms with E-state index in [4.69, 9.17) is 17.3 Å². The number of nitrogens with one attached hydrogen (secondary N) is 1. The highest BCUT2D eigenvalue weighted by Gasteiger charge is 2.42. The van der Waals surface area contributed by atoms with Gasteiger partial charge >= 0.3 is 5.97 Å². The third-order valence-electron chi connectivity index (χ3n) is 4.07. The van der Waals surface area contributed by atoms with Crippen molar-refractivity contribution in [3.05, 3.63) is 28.8 Å². The number of hydrogen-bond donors (Lipinski definition) is 3. The van der Waals surface area contributed by atoms with Crippen LogP contribution >= 0.6 is 11.6 Å². The highest BCUT2D eigenvalue weighted by Crippen LogP contribution is 2.32. The molecule has 0 unspecified atom stereocenters. The third-order valence-corrected chi connectivity index (χ3v) is 4.29. The first kappa shape index (κ1) is 15.6. The molecule has 0 atom stereocenters. The number of nitrogens with two attached hydrogens (primary N) is 1. The van der Waals surface area contributed by atoms with E-state index in [1.807, 2.05) is 0 Å². The summed E-state index contributed by atoms with van der Waals surface area (Å²) in [5, 5.41) is 12.5. The molecule has 0 aliphatic heterocycles. The summed E-state index contributed by atoms with van der Waals surface area (Å²) in [6.07, 6.45) is 2.44. The van der Waals surface area contributed by atoms with Gasteiger partial charge in [0.1, 0.15) is 5.54 Å². The third kappa shape index (κ3) is 3.47. The summed E-state index contributed by atoms with van der Waals surface area (Å²) in [4.78, 5) is 23.9. The average Bonchev–Trinajstić information content (AvgIpc) is 2.40. The topological polar surface area (TPSA) is 92.4 Å². The smallest absolute Gasteiger partial charge is 0.329 e. The van der Waals surface area contributed by atoms with Crippen LogP contribution in [0.5, 0.6) is 0 Å². The molecule has 1 aliphatic rings. The fourth-order valence-corrected chi connectivity index (χ4v) is 2.92. The molecule has 1 aromatic carbocycles. The summed E-state index contributed by atoms with van der Waals surface area (Å²) < 4.78 is 0. The minimum Gasteiger partial charge on any atom is -0.480 e. The first-order chi connectivity index (χ1) is 9.82. The standard InChI is InChI=1S/C15H19ClN2O3/c1-9-2-4-15(5-3-9,14(20)21)18-13(19)10-6-11(16)8-12(17)7-10/h6-9H,2-5,17H2,1H3,(H,18,19)(H,20,21). The lowest BCUT2D eigenvalue weighted by atomic mass is 9.77. The highest BCUT2D eigenvalue weighted by atomic mass is 35.5. The second kappa shape index (κ2) is 5.93. The molecule has 0 radical (unpaired) electrons. The maximum atomic E-state index is 12.3. The number of carboxylic acids is 1. The minimum absolute atomic E-state index is 0.277. The number of anilines is 1. The van der Waals surface area contributed by atoms with Crippen LogP contribution in [0.15, 0.2) is 18.2 Å². The number of carboxylic acid groups (broad SMARTS) is 1. The van der Waals surface area contributed by atoms with Gasteiger partial charge < -0.3 is 16.2 Å². The van der Waals surface area contributed by atoms with Gasteiger partial charge in [-0.1, -0.05) is 18.5 Å². The molecule has 1 saturated carbocycles. The molecular weight excluding hydrogens is 292 g/mol. The van der Waals surface area contributed by atoms with Crippen LogP contribution in [0.2, 0.25) is 5.02 Å². The Morgan fingerprint density at radius 3 is 2.48 bits per heavy atom. The quantitative estimate of drug-likeness (QED) is 0.748. The highest BCUT2D eigenvalue weighted by molar-refractivity contribution is 6.31. The predicted molar refractivity (Wildman–Crippen MR) is 81.3 cm³/mol. The molecule has 5 nitrogen and oxygen atoms in total. The molecule has 2 rings (SSSR count). The molecule has 6 heteroatoms. The Morgan fingerprint density at radius 1 is 1.33 bits per heavy atom. The van der Waals surface area contributed by atoms with Gasteiger partial charge in [-0.3, -0.25) is 4.79 Å². The molecule has 0 spiro atoms. The van der Waals surface area contributed by atoms with Crippen molar-refractivity contribution in [2.75, 3.05) is 5.73 Å². The van der Waals surface area contributed by atoms with Crippen molar-refractivity contribution in [1.29, 1.82) is 0 Å². The van der Waals surface area contributed by atoms with Gasteiger partial charge in [-0.2, -0.15) is 0 Å².